The van der Waals surface area contributed by atoms with Gasteiger partial charge in [-0.3, -0.25) is 29.9 Å². The van der Waals surface area contributed by atoms with Gasteiger partial charge in [-0.05, 0) is 172 Å². The summed E-state index contributed by atoms with van der Waals surface area (Å²) in [7, 11) is 12.4. The molecule has 0 fully saturated rings. The number of benzene rings is 15. The zero-order chi connectivity index (χ0) is 93.0. The molecule has 6 aromatic heterocycles. The van der Waals surface area contributed by atoms with Crippen LogP contribution in [0.2, 0.25) is 0 Å². The number of pyridine rings is 3. The average Bonchev–Trinajstić information content (AvgIpc) is 1.56. The summed E-state index contributed by atoms with van der Waals surface area (Å²) >= 11 is 0. The van der Waals surface area contributed by atoms with Crippen LogP contribution in [0.25, 0.3) is 164 Å². The van der Waals surface area contributed by atoms with Gasteiger partial charge in [-0.2, -0.15) is 111 Å². The average molecular weight is 2330 g/mol. The zero-order valence-corrected chi connectivity index (χ0v) is 87.7. The van der Waals surface area contributed by atoms with Crippen molar-refractivity contribution in [1.29, 1.82) is 0 Å². The van der Waals surface area contributed by atoms with Crippen LogP contribution in [0.15, 0.2) is 286 Å². The van der Waals surface area contributed by atoms with Crippen LogP contribution in [0.3, 0.4) is 0 Å². The van der Waals surface area contributed by atoms with Crippen LogP contribution in [-0.4, -0.2) is 79.4 Å². The molecule has 15 aromatic carbocycles. The molecule has 0 saturated heterocycles. The molecule has 0 unspecified atom stereocenters. The maximum Gasteiger partial charge on any atom is 3.00 e. The van der Waals surface area contributed by atoms with E-state index in [4.69, 9.17) is 24.9 Å². The van der Waals surface area contributed by atoms with Crippen molar-refractivity contribution < 1.29 is 60.3 Å². The smallest absolute Gasteiger partial charge is 0.510 e. The second-order valence-corrected chi connectivity index (χ2v) is 37.0. The Morgan fingerprint density at radius 1 is 0.270 bits per heavy atom. The Morgan fingerprint density at radius 2 is 0.635 bits per heavy atom. The van der Waals surface area contributed by atoms with E-state index in [9.17, 15) is 0 Å². The molecule has 3 aliphatic rings. The summed E-state index contributed by atoms with van der Waals surface area (Å²) in [5, 5.41) is 18.8. The summed E-state index contributed by atoms with van der Waals surface area (Å²) in [6, 6.07) is 97.6. The molecule has 0 spiro atoms. The van der Waals surface area contributed by atoms with Crippen LogP contribution in [0, 0.1) is 56.4 Å². The first-order valence-corrected chi connectivity index (χ1v) is 46.4. The molecule has 9 heterocycles. The van der Waals surface area contributed by atoms with Gasteiger partial charge in [-0.25, -0.2) is 0 Å². The van der Waals surface area contributed by atoms with E-state index < -0.39 is 0 Å². The van der Waals surface area contributed by atoms with E-state index in [0.29, 0.717) is 35.5 Å². The van der Waals surface area contributed by atoms with Crippen molar-refractivity contribution in [2.75, 3.05) is 35.8 Å². The molecule has 24 rings (SSSR count). The van der Waals surface area contributed by atoms with Gasteiger partial charge in [0.05, 0.1) is 16.6 Å². The molecule has 3 aliphatic heterocycles. The summed E-state index contributed by atoms with van der Waals surface area (Å²) in [5.41, 5.74) is 23.4. The number of para-hydroxylation sites is 4. The van der Waals surface area contributed by atoms with Crippen molar-refractivity contribution in [2.24, 2.45) is 21.1 Å². The molecule has 0 atom stereocenters. The predicted molar refractivity (Wildman–Crippen MR) is 560 cm³/mol. The largest absolute Gasteiger partial charge is 3.00 e. The number of hydrogen-bond donors (Lipinski definition) is 0. The van der Waals surface area contributed by atoms with Gasteiger partial charge in [-0.1, -0.05) is 196 Å². The molecular formula is C119H110Ir3N15. The second kappa shape index (κ2) is 41.1. The summed E-state index contributed by atoms with van der Waals surface area (Å²) in [6.07, 6.45) is 19.9. The minimum Gasteiger partial charge on any atom is -0.510 e. The first-order chi connectivity index (χ1) is 65.0. The molecule has 0 amide bonds. The molecule has 15 nitrogen and oxygen atoms in total. The van der Waals surface area contributed by atoms with Crippen molar-refractivity contribution in [1.82, 2.24) is 58.3 Å². The maximum atomic E-state index is 5.33. The topological polar surface area (TPSA) is 112 Å². The fraction of sp³-hybridized carbons (Fsp3) is 0.202. The molecule has 0 aliphatic carbocycles. The van der Waals surface area contributed by atoms with E-state index in [1.165, 1.54) is 104 Å². The quantitative estimate of drug-likeness (QED) is 0.0858. The van der Waals surface area contributed by atoms with Crippen LogP contribution >= 0.6 is 0 Å². The van der Waals surface area contributed by atoms with Crippen LogP contribution < -0.4 is 14.7 Å². The maximum absolute atomic E-state index is 5.33. The molecule has 18 heteroatoms. The van der Waals surface area contributed by atoms with Gasteiger partial charge in [0.25, 0.3) is 0 Å². The predicted octanol–water partition coefficient (Wildman–Crippen LogP) is 28.8. The van der Waals surface area contributed by atoms with Crippen LogP contribution in [0.5, 0.6) is 0 Å². The van der Waals surface area contributed by atoms with Gasteiger partial charge >= 0.3 is 60.3 Å². The standard InChI is InChI=1S/C31H28N3.2C29H26N3.3C10H10N2.3Ir/c1-18(2)20-14-10-15-21(19(3)4)28(20)31-33-29-23-12-7-6-11-22(23)27-24-13-8-9-16-26(24)32-17-25(27)30(29)34(31)5;1-16(2)20-9-7-10-21(17(3)4)26(20)29-31-27-22-11-6-8-18-12-13-19-14-30-15-23(25(19)24(18)22)28(27)32(29)5;1-16(2)20-9-7-10-21(17(3)4)25(20)29-31-26-22-11-6-8-18-12-13-19-14-15-30-27(24(19)23(18)22)28(26)32(29)5;3*1-11-7-8-12(9-11)10-5-3-2-4-6-10;;;/h6-11,13-19H,1-5H3;2*6-10,12-17H,1-5H3;3*2-5,7-9H,1H3;;;/q3*-1;3*-2;3*+3. The molecule has 137 heavy (non-hydrogen) atoms. The van der Waals surface area contributed by atoms with Gasteiger partial charge in [0.1, 0.15) is 17.5 Å². The fourth-order valence-corrected chi connectivity index (χ4v) is 19.6. The van der Waals surface area contributed by atoms with Gasteiger partial charge in [0, 0.05) is 101 Å². The van der Waals surface area contributed by atoms with Crippen LogP contribution in [-0.2, 0) is 81.5 Å². The first kappa shape index (κ1) is 97.1. The van der Waals surface area contributed by atoms with E-state index >= 15 is 0 Å². The number of rotatable bonds is 12. The normalized spacial score (nSPS) is 13.0. The summed E-state index contributed by atoms with van der Waals surface area (Å²) in [5.74, 6) is 5.50. The Labute approximate surface area is 845 Å². The van der Waals surface area contributed by atoms with E-state index in [2.05, 4.69) is 287 Å². The zero-order valence-electron chi connectivity index (χ0n) is 80.5. The number of nitrogens with zero attached hydrogens (tertiary/aromatic N) is 15. The summed E-state index contributed by atoms with van der Waals surface area (Å²) < 4.78 is 6.82. The molecule has 0 saturated carbocycles. The second-order valence-electron chi connectivity index (χ2n) is 37.0. The number of fused-ring (bicyclic) bond motifs is 14. The number of aryl methyl sites for hydroxylation is 3. The Bertz CT molecular complexity index is 7540. The first-order valence-electron chi connectivity index (χ1n) is 46.4. The van der Waals surface area contributed by atoms with Crippen molar-refractivity contribution >= 4 is 147 Å². The molecule has 688 valence electrons. The molecule has 21 aromatic rings. The SMILES string of the molecule is CC(C)c1cccc(C(C)C)c1-c1nc2c3[c-]ccc4ccc5ccnc(c5c43)c2n1C.CC(C)c1cccc(C(C)C)c1-c1nc2c3[c-]ccc4ccc5cncc(c5c43)c2n1C.CC(C)c1cccc(C(C)C)c1-c1nc2c3[c-]cccc3c3c4ccccc4ncc3c2n1C.CN1C=CN(c2[c-]cccc2)[CH-]1.CN1C=CN(c2[c-]cccc2)[CH-]1.CN1C=CN(c2[c-]cccc2)[CH-]1.[Ir+3].[Ir+3].[Ir+3]. The molecule has 0 N–H and O–H groups in total. The third-order valence-electron chi connectivity index (χ3n) is 26.0. The minimum absolute atomic E-state index is 0. The summed E-state index contributed by atoms with van der Waals surface area (Å²) in [4.78, 5) is 42.3. The number of hydrogen-bond acceptors (Lipinski definition) is 12. The van der Waals surface area contributed by atoms with Crippen LogP contribution in [0.1, 0.15) is 152 Å². The van der Waals surface area contributed by atoms with Gasteiger partial charge in [-0.15, -0.1) is 105 Å². The number of anilines is 3. The van der Waals surface area contributed by atoms with Gasteiger partial charge < -0.3 is 43.1 Å². The molecule has 0 bridgehead atoms. The Kier molecular flexibility index (Phi) is 29.1. The van der Waals surface area contributed by atoms with Crippen LogP contribution in [0.4, 0.5) is 17.1 Å². The van der Waals surface area contributed by atoms with Crippen molar-refractivity contribution in [3.63, 3.8) is 0 Å². The van der Waals surface area contributed by atoms with E-state index in [1.54, 1.807) is 0 Å². The molecular weight excluding hydrogens is 2220 g/mol. The van der Waals surface area contributed by atoms with E-state index in [1.807, 2.05) is 230 Å². The minimum atomic E-state index is 0. The van der Waals surface area contributed by atoms with E-state index in [-0.39, 0.29) is 60.3 Å². The summed E-state index contributed by atoms with van der Waals surface area (Å²) in [6.45, 7) is 33.2. The Balaban J connectivity index is 0.000000125. The third kappa shape index (κ3) is 18.4. The van der Waals surface area contributed by atoms with Crippen molar-refractivity contribution in [3.8, 4) is 34.2 Å². The Hall–Kier alpha value is -13.0. The van der Waals surface area contributed by atoms with Crippen molar-refractivity contribution in [2.45, 2.75) is 119 Å². The van der Waals surface area contributed by atoms with Gasteiger partial charge in [0.2, 0.25) is 0 Å². The van der Waals surface area contributed by atoms with E-state index in [0.717, 1.165) is 111 Å². The number of imidazole rings is 3. The van der Waals surface area contributed by atoms with Gasteiger partial charge in [0.15, 0.2) is 0 Å². The number of aromatic nitrogens is 9. The monoisotopic (exact) mass is 2330 g/mol. The fourth-order valence-electron chi connectivity index (χ4n) is 19.6. The third-order valence-corrected chi connectivity index (χ3v) is 26.0. The Morgan fingerprint density at radius 3 is 1.05 bits per heavy atom. The molecule has 0 radical (unpaired) electrons. The van der Waals surface area contributed by atoms with Crippen molar-refractivity contribution in [3.05, 3.63) is 376 Å².